The van der Waals surface area contributed by atoms with Crippen LogP contribution in [-0.2, 0) is 6.18 Å². The van der Waals surface area contributed by atoms with E-state index >= 15 is 0 Å². The van der Waals surface area contributed by atoms with Crippen LogP contribution in [0.2, 0.25) is 0 Å². The van der Waals surface area contributed by atoms with Gasteiger partial charge in [-0.2, -0.15) is 13.2 Å². The molecule has 1 saturated heterocycles. The zero-order chi connectivity index (χ0) is 17.3. The van der Waals surface area contributed by atoms with E-state index in [4.69, 9.17) is 5.73 Å². The van der Waals surface area contributed by atoms with Gasteiger partial charge >= 0.3 is 6.18 Å². The molecule has 0 aromatic heterocycles. The van der Waals surface area contributed by atoms with Crippen molar-refractivity contribution in [3.05, 3.63) is 71.3 Å². The van der Waals surface area contributed by atoms with Crippen LogP contribution in [0, 0.1) is 0 Å². The second-order valence-corrected chi connectivity index (χ2v) is 5.93. The Morgan fingerprint density at radius 1 is 1.00 bits per heavy atom. The molecule has 0 saturated carbocycles. The number of rotatable bonds is 2. The van der Waals surface area contributed by atoms with Crippen molar-refractivity contribution >= 4 is 5.91 Å². The molecule has 2 atom stereocenters. The van der Waals surface area contributed by atoms with Gasteiger partial charge in [0, 0.05) is 25.0 Å². The van der Waals surface area contributed by atoms with E-state index in [1.54, 1.807) is 0 Å². The van der Waals surface area contributed by atoms with Crippen LogP contribution in [0.25, 0.3) is 0 Å². The highest BCUT2D eigenvalue weighted by atomic mass is 19.4. The summed E-state index contributed by atoms with van der Waals surface area (Å²) in [5, 5.41) is 0. The molecule has 1 fully saturated rings. The van der Waals surface area contributed by atoms with Gasteiger partial charge in [0.25, 0.3) is 5.91 Å². The number of carbonyl (C=O) groups is 1. The van der Waals surface area contributed by atoms with Crippen LogP contribution in [0.4, 0.5) is 13.2 Å². The molecule has 3 nitrogen and oxygen atoms in total. The van der Waals surface area contributed by atoms with Crippen molar-refractivity contribution in [2.75, 3.05) is 13.1 Å². The van der Waals surface area contributed by atoms with Crippen LogP contribution in [0.1, 0.15) is 27.4 Å². The monoisotopic (exact) mass is 334 g/mol. The Labute approximate surface area is 137 Å². The van der Waals surface area contributed by atoms with Gasteiger partial charge in [0.15, 0.2) is 0 Å². The lowest BCUT2D eigenvalue weighted by Crippen LogP contribution is -2.33. The average Bonchev–Trinajstić information content (AvgIpc) is 2.96. The number of amides is 1. The fraction of sp³-hybridized carbons (Fsp3) is 0.278. The summed E-state index contributed by atoms with van der Waals surface area (Å²) in [6.07, 6.45) is -4.56. The maximum Gasteiger partial charge on any atom is 0.417 e. The molecule has 0 bridgehead atoms. The van der Waals surface area contributed by atoms with Crippen LogP contribution in [-0.4, -0.2) is 29.9 Å². The van der Waals surface area contributed by atoms with E-state index in [1.165, 1.54) is 23.1 Å². The van der Waals surface area contributed by atoms with Gasteiger partial charge in [-0.15, -0.1) is 0 Å². The molecule has 1 heterocycles. The average molecular weight is 334 g/mol. The van der Waals surface area contributed by atoms with E-state index in [1.807, 2.05) is 30.3 Å². The summed E-state index contributed by atoms with van der Waals surface area (Å²) in [4.78, 5) is 14.0. The zero-order valence-electron chi connectivity index (χ0n) is 12.8. The van der Waals surface area contributed by atoms with Crippen molar-refractivity contribution in [3.63, 3.8) is 0 Å². The molecule has 2 N–H and O–H groups in total. The van der Waals surface area contributed by atoms with Gasteiger partial charge in [0.05, 0.1) is 11.1 Å². The van der Waals surface area contributed by atoms with E-state index in [0.717, 1.165) is 11.6 Å². The van der Waals surface area contributed by atoms with Crippen molar-refractivity contribution in [3.8, 4) is 0 Å². The van der Waals surface area contributed by atoms with Gasteiger partial charge in [-0.3, -0.25) is 4.79 Å². The number of hydrogen-bond acceptors (Lipinski definition) is 2. The minimum Gasteiger partial charge on any atom is -0.336 e. The highest BCUT2D eigenvalue weighted by Gasteiger charge is 2.39. The zero-order valence-corrected chi connectivity index (χ0v) is 12.8. The lowest BCUT2D eigenvalue weighted by atomic mass is 9.95. The maximum atomic E-state index is 13.1. The van der Waals surface area contributed by atoms with Gasteiger partial charge in [0.1, 0.15) is 0 Å². The Morgan fingerprint density at radius 2 is 1.62 bits per heavy atom. The molecular formula is C18H17F3N2O. The van der Waals surface area contributed by atoms with E-state index < -0.39 is 17.6 Å². The van der Waals surface area contributed by atoms with Crippen LogP contribution in [0.5, 0.6) is 0 Å². The Morgan fingerprint density at radius 3 is 2.29 bits per heavy atom. The van der Waals surface area contributed by atoms with Crippen molar-refractivity contribution in [1.82, 2.24) is 4.90 Å². The summed E-state index contributed by atoms with van der Waals surface area (Å²) in [7, 11) is 0. The second kappa shape index (κ2) is 6.28. The Hall–Kier alpha value is -2.34. The molecule has 24 heavy (non-hydrogen) atoms. The molecule has 6 heteroatoms. The largest absolute Gasteiger partial charge is 0.417 e. The molecule has 0 radical (unpaired) electrons. The number of carbonyl (C=O) groups excluding carboxylic acids is 1. The third-order valence-electron chi connectivity index (χ3n) is 4.34. The molecule has 0 aliphatic carbocycles. The molecular weight excluding hydrogens is 317 g/mol. The third-order valence-corrected chi connectivity index (χ3v) is 4.34. The van der Waals surface area contributed by atoms with E-state index in [-0.39, 0.29) is 24.1 Å². The molecule has 1 aliphatic heterocycles. The first kappa shape index (κ1) is 16.5. The third kappa shape index (κ3) is 3.14. The number of likely N-dealkylation sites (tertiary alicyclic amines) is 1. The molecule has 126 valence electrons. The summed E-state index contributed by atoms with van der Waals surface area (Å²) in [5.41, 5.74) is 5.88. The number of halogens is 3. The fourth-order valence-corrected chi connectivity index (χ4v) is 3.13. The predicted octanol–water partition coefficient (Wildman–Crippen LogP) is 3.27. The first-order chi connectivity index (χ1) is 11.4. The molecule has 3 rings (SSSR count). The molecule has 2 aromatic rings. The lowest BCUT2D eigenvalue weighted by molar-refractivity contribution is -0.138. The molecule has 1 aliphatic rings. The normalized spacial score (nSPS) is 21.1. The highest BCUT2D eigenvalue weighted by molar-refractivity contribution is 5.96. The van der Waals surface area contributed by atoms with Crippen LogP contribution in [0.15, 0.2) is 54.6 Å². The van der Waals surface area contributed by atoms with E-state index in [0.29, 0.717) is 6.54 Å². The van der Waals surface area contributed by atoms with Crippen LogP contribution >= 0.6 is 0 Å². The Balaban J connectivity index is 1.85. The topological polar surface area (TPSA) is 46.3 Å². The van der Waals surface area contributed by atoms with Crippen molar-refractivity contribution < 1.29 is 18.0 Å². The van der Waals surface area contributed by atoms with Gasteiger partial charge < -0.3 is 10.6 Å². The number of hydrogen-bond donors (Lipinski definition) is 1. The number of nitrogens with zero attached hydrogens (tertiary/aromatic N) is 1. The maximum absolute atomic E-state index is 13.1. The summed E-state index contributed by atoms with van der Waals surface area (Å²) < 4.78 is 39.4. The second-order valence-electron chi connectivity index (χ2n) is 5.93. The molecule has 0 unspecified atom stereocenters. The lowest BCUT2D eigenvalue weighted by Gasteiger charge is -2.19. The Kier molecular flexibility index (Phi) is 4.32. The van der Waals surface area contributed by atoms with E-state index in [2.05, 4.69) is 0 Å². The summed E-state index contributed by atoms with van der Waals surface area (Å²) in [6.45, 7) is 0.556. The van der Waals surface area contributed by atoms with Crippen LogP contribution in [0.3, 0.4) is 0 Å². The van der Waals surface area contributed by atoms with Crippen molar-refractivity contribution in [2.24, 2.45) is 5.73 Å². The van der Waals surface area contributed by atoms with Gasteiger partial charge in [-0.1, -0.05) is 42.5 Å². The minimum atomic E-state index is -4.56. The fourth-order valence-electron chi connectivity index (χ4n) is 3.13. The molecule has 2 aromatic carbocycles. The van der Waals surface area contributed by atoms with E-state index in [9.17, 15) is 18.0 Å². The van der Waals surface area contributed by atoms with Crippen LogP contribution < -0.4 is 5.73 Å². The quantitative estimate of drug-likeness (QED) is 0.916. The van der Waals surface area contributed by atoms with Crippen molar-refractivity contribution in [1.29, 1.82) is 0 Å². The number of benzene rings is 2. The van der Waals surface area contributed by atoms with Gasteiger partial charge in [-0.05, 0) is 17.7 Å². The molecule has 1 amide bonds. The summed E-state index contributed by atoms with van der Waals surface area (Å²) in [6, 6.07) is 14.0. The number of nitrogens with two attached hydrogens (primary N) is 1. The first-order valence-corrected chi connectivity index (χ1v) is 7.64. The number of alkyl halides is 3. The Bertz CT molecular complexity index is 731. The minimum absolute atomic E-state index is 0.0757. The smallest absolute Gasteiger partial charge is 0.336 e. The molecule has 0 spiro atoms. The predicted molar refractivity (Wildman–Crippen MR) is 84.5 cm³/mol. The summed E-state index contributed by atoms with van der Waals surface area (Å²) >= 11 is 0. The highest BCUT2D eigenvalue weighted by Crippen LogP contribution is 2.34. The van der Waals surface area contributed by atoms with Crippen molar-refractivity contribution in [2.45, 2.75) is 18.1 Å². The van der Waals surface area contributed by atoms with Gasteiger partial charge in [0.2, 0.25) is 0 Å². The SMILES string of the molecule is N[C@@H]1CN(C(=O)c2ccccc2C(F)(F)F)C[C@H]1c1ccccc1. The van der Waals surface area contributed by atoms with Gasteiger partial charge in [-0.25, -0.2) is 0 Å². The first-order valence-electron chi connectivity index (χ1n) is 7.64. The standard InChI is InChI=1S/C18H17F3N2O/c19-18(20,21)15-9-5-4-8-13(15)17(24)23-10-14(16(22)11-23)12-6-2-1-3-7-12/h1-9,14,16H,10-11,22H2/t14-,16+/m0/s1. The summed E-state index contributed by atoms with van der Waals surface area (Å²) in [5.74, 6) is -0.704.